The second-order valence-corrected chi connectivity index (χ2v) is 3.05. The molecule has 1 rings (SSSR count). The molecule has 1 heterocycles. The zero-order valence-electron chi connectivity index (χ0n) is 8.48. The van der Waals surface area contributed by atoms with E-state index >= 15 is 0 Å². The number of amides is 2. The second kappa shape index (κ2) is 4.86. The first kappa shape index (κ1) is 12.3. The third-order valence-corrected chi connectivity index (χ3v) is 1.79. The number of H-pyrrole nitrogens is 1. The van der Waals surface area contributed by atoms with Gasteiger partial charge in [0.15, 0.2) is 0 Å². The molecule has 0 aliphatic carbocycles. The fourth-order valence-corrected chi connectivity index (χ4v) is 1.03. The van der Waals surface area contributed by atoms with Gasteiger partial charge in [-0.05, 0) is 6.42 Å². The number of hydrogen-bond acceptors (Lipinski definition) is 2. The van der Waals surface area contributed by atoms with E-state index in [9.17, 15) is 18.0 Å². The molecule has 90 valence electrons. The van der Waals surface area contributed by atoms with Crippen LogP contribution in [0, 0.1) is 0 Å². The molecule has 1 aromatic heterocycles. The van der Waals surface area contributed by atoms with Gasteiger partial charge < -0.3 is 5.32 Å². The minimum Gasteiger partial charge on any atom is -0.329 e. The van der Waals surface area contributed by atoms with Gasteiger partial charge in [0.2, 0.25) is 0 Å². The van der Waals surface area contributed by atoms with Crippen LogP contribution >= 0.6 is 0 Å². The van der Waals surface area contributed by atoms with Gasteiger partial charge in [-0.15, -0.1) is 0 Å². The second-order valence-electron chi connectivity index (χ2n) is 3.05. The van der Waals surface area contributed by atoms with Crippen molar-refractivity contribution in [2.24, 2.45) is 0 Å². The minimum absolute atomic E-state index is 0.308. The van der Waals surface area contributed by atoms with Crippen LogP contribution in [0.2, 0.25) is 0 Å². The molecule has 1 aromatic rings. The van der Waals surface area contributed by atoms with E-state index in [1.54, 1.807) is 5.32 Å². The Bertz CT molecular complexity index is 360. The molecular weight excluding hydrogens is 225 g/mol. The van der Waals surface area contributed by atoms with Gasteiger partial charge in [-0.3, -0.25) is 10.4 Å². The van der Waals surface area contributed by atoms with E-state index < -0.39 is 18.8 Å². The molecular formula is C8H11F3N4O. The Balaban J connectivity index is 2.46. The van der Waals surface area contributed by atoms with E-state index in [1.165, 1.54) is 6.20 Å². The molecule has 0 aliphatic rings. The van der Waals surface area contributed by atoms with E-state index in [4.69, 9.17) is 0 Å². The van der Waals surface area contributed by atoms with Crippen molar-refractivity contribution in [2.75, 3.05) is 11.9 Å². The lowest BCUT2D eigenvalue weighted by molar-refractivity contribution is -0.122. The third-order valence-electron chi connectivity index (χ3n) is 1.79. The van der Waals surface area contributed by atoms with Crippen LogP contribution in [-0.4, -0.2) is 28.9 Å². The molecule has 2 amide bonds. The number of anilines is 1. The van der Waals surface area contributed by atoms with Gasteiger partial charge in [0.25, 0.3) is 0 Å². The summed E-state index contributed by atoms with van der Waals surface area (Å²) in [5.74, 6) is 0.308. The minimum atomic E-state index is -4.42. The number of nitrogens with zero attached hydrogens (tertiary/aromatic N) is 1. The van der Waals surface area contributed by atoms with Crippen LogP contribution in [-0.2, 0) is 6.42 Å². The summed E-state index contributed by atoms with van der Waals surface area (Å²) in [7, 11) is 0. The zero-order valence-corrected chi connectivity index (χ0v) is 8.48. The fraction of sp³-hybridized carbons (Fsp3) is 0.500. The monoisotopic (exact) mass is 236 g/mol. The van der Waals surface area contributed by atoms with Crippen molar-refractivity contribution in [3.8, 4) is 0 Å². The Kier molecular flexibility index (Phi) is 3.75. The molecule has 0 aliphatic heterocycles. The van der Waals surface area contributed by atoms with Gasteiger partial charge >= 0.3 is 12.2 Å². The van der Waals surface area contributed by atoms with Gasteiger partial charge in [-0.25, -0.2) is 4.79 Å². The first-order valence-electron chi connectivity index (χ1n) is 4.56. The Morgan fingerprint density at radius 1 is 1.56 bits per heavy atom. The fourth-order valence-electron chi connectivity index (χ4n) is 1.03. The smallest absolute Gasteiger partial charge is 0.329 e. The van der Waals surface area contributed by atoms with Crippen molar-refractivity contribution >= 4 is 11.8 Å². The lowest BCUT2D eigenvalue weighted by atomic mass is 10.2. The summed E-state index contributed by atoms with van der Waals surface area (Å²) in [4.78, 5) is 11.1. The molecule has 3 N–H and O–H groups in total. The van der Waals surface area contributed by atoms with E-state index in [0.29, 0.717) is 12.2 Å². The quantitative estimate of drug-likeness (QED) is 0.746. The summed E-state index contributed by atoms with van der Waals surface area (Å²) in [5.41, 5.74) is 0.724. The SMILES string of the molecule is CCc1cn[nH]c1NC(=O)NCC(F)(F)F. The van der Waals surface area contributed by atoms with Gasteiger partial charge in [0.1, 0.15) is 12.4 Å². The number of rotatable bonds is 3. The number of aryl methyl sites for hydroxylation is 1. The van der Waals surface area contributed by atoms with Crippen molar-refractivity contribution in [2.45, 2.75) is 19.5 Å². The van der Waals surface area contributed by atoms with E-state index in [0.717, 1.165) is 5.56 Å². The van der Waals surface area contributed by atoms with E-state index in [1.807, 2.05) is 6.92 Å². The summed E-state index contributed by atoms with van der Waals surface area (Å²) in [6.07, 6.45) is -2.30. The number of alkyl halides is 3. The first-order chi connectivity index (χ1) is 7.42. The highest BCUT2D eigenvalue weighted by molar-refractivity contribution is 5.88. The molecule has 0 aromatic carbocycles. The lowest BCUT2D eigenvalue weighted by Crippen LogP contribution is -2.36. The molecule has 0 fully saturated rings. The van der Waals surface area contributed by atoms with E-state index in [2.05, 4.69) is 15.5 Å². The largest absolute Gasteiger partial charge is 0.405 e. The van der Waals surface area contributed by atoms with Crippen molar-refractivity contribution in [3.63, 3.8) is 0 Å². The molecule has 0 unspecified atom stereocenters. The van der Waals surface area contributed by atoms with Crippen molar-refractivity contribution in [3.05, 3.63) is 11.8 Å². The zero-order chi connectivity index (χ0) is 12.2. The third kappa shape index (κ3) is 3.79. The van der Waals surface area contributed by atoms with Crippen LogP contribution in [0.25, 0.3) is 0 Å². The van der Waals surface area contributed by atoms with Crippen LogP contribution in [0.3, 0.4) is 0 Å². The summed E-state index contributed by atoms with van der Waals surface area (Å²) in [6, 6.07) is -0.920. The normalized spacial score (nSPS) is 11.2. The van der Waals surface area contributed by atoms with Crippen LogP contribution in [0.15, 0.2) is 6.20 Å². The number of nitrogens with one attached hydrogen (secondary N) is 3. The number of halogens is 3. The highest BCUT2D eigenvalue weighted by Gasteiger charge is 2.27. The molecule has 0 bridgehead atoms. The summed E-state index contributed by atoms with van der Waals surface area (Å²) in [5, 5.41) is 10.1. The predicted octanol–water partition coefficient (Wildman–Crippen LogP) is 1.66. The van der Waals surface area contributed by atoms with Crippen LogP contribution in [0.1, 0.15) is 12.5 Å². The van der Waals surface area contributed by atoms with Gasteiger partial charge in [-0.1, -0.05) is 6.92 Å². The van der Waals surface area contributed by atoms with Gasteiger partial charge in [-0.2, -0.15) is 18.3 Å². The Labute approximate surface area is 89.4 Å². The van der Waals surface area contributed by atoms with Gasteiger partial charge in [0.05, 0.1) is 6.20 Å². The number of carbonyl (C=O) groups is 1. The number of carbonyl (C=O) groups excluding carboxylic acids is 1. The van der Waals surface area contributed by atoms with Crippen LogP contribution < -0.4 is 10.6 Å². The molecule has 16 heavy (non-hydrogen) atoms. The number of aromatic amines is 1. The van der Waals surface area contributed by atoms with Crippen LogP contribution in [0.4, 0.5) is 23.8 Å². The molecule has 0 saturated heterocycles. The molecule has 5 nitrogen and oxygen atoms in total. The maximum Gasteiger partial charge on any atom is 0.405 e. The highest BCUT2D eigenvalue weighted by atomic mass is 19.4. The van der Waals surface area contributed by atoms with Crippen molar-refractivity contribution in [1.82, 2.24) is 15.5 Å². The lowest BCUT2D eigenvalue weighted by Gasteiger charge is -2.09. The molecule has 0 atom stereocenters. The number of urea groups is 1. The molecule has 0 saturated carbocycles. The topological polar surface area (TPSA) is 69.8 Å². The van der Waals surface area contributed by atoms with Gasteiger partial charge in [0, 0.05) is 5.56 Å². The highest BCUT2D eigenvalue weighted by Crippen LogP contribution is 2.13. The van der Waals surface area contributed by atoms with Crippen molar-refractivity contribution < 1.29 is 18.0 Å². The summed E-state index contributed by atoms with van der Waals surface area (Å²) in [6.45, 7) is 0.470. The molecule has 0 spiro atoms. The number of hydrogen-bond donors (Lipinski definition) is 3. The number of aromatic nitrogens is 2. The Hall–Kier alpha value is -1.73. The van der Waals surface area contributed by atoms with Crippen LogP contribution in [0.5, 0.6) is 0 Å². The summed E-state index contributed by atoms with van der Waals surface area (Å²) < 4.78 is 35.3. The maximum absolute atomic E-state index is 11.8. The Morgan fingerprint density at radius 3 is 2.81 bits per heavy atom. The average Bonchev–Trinajstić information content (AvgIpc) is 2.61. The average molecular weight is 236 g/mol. The maximum atomic E-state index is 11.8. The molecule has 0 radical (unpaired) electrons. The predicted molar refractivity (Wildman–Crippen MR) is 51.0 cm³/mol. The molecule has 8 heteroatoms. The van der Waals surface area contributed by atoms with E-state index in [-0.39, 0.29) is 0 Å². The standard InChI is InChI=1S/C8H11F3N4O/c1-2-5-3-13-15-6(5)14-7(16)12-4-8(9,10)11/h3H,2,4H2,1H3,(H3,12,13,14,15,16). The summed E-state index contributed by atoms with van der Waals surface area (Å²) >= 11 is 0. The first-order valence-corrected chi connectivity index (χ1v) is 4.56. The Morgan fingerprint density at radius 2 is 2.25 bits per heavy atom. The van der Waals surface area contributed by atoms with Crippen molar-refractivity contribution in [1.29, 1.82) is 0 Å².